The molecule has 0 aliphatic carbocycles. The maximum absolute atomic E-state index is 13.3. The number of alkyl halides is 6. The lowest BCUT2D eigenvalue weighted by molar-refractivity contribution is -0.143. The Labute approximate surface area is 205 Å². The van der Waals surface area contributed by atoms with E-state index < -0.39 is 50.0 Å². The molecule has 36 heavy (non-hydrogen) atoms. The number of nitrogens with two attached hydrogens (primary N) is 1. The van der Waals surface area contributed by atoms with Gasteiger partial charge in [-0.15, -0.1) is 0 Å². The minimum absolute atomic E-state index is 0.121. The summed E-state index contributed by atoms with van der Waals surface area (Å²) < 4.78 is 109. The molecule has 3 N–H and O–H groups in total. The maximum atomic E-state index is 13.3. The van der Waals surface area contributed by atoms with Crippen LogP contribution in [0.15, 0.2) is 83.8 Å². The highest BCUT2D eigenvalue weighted by Crippen LogP contribution is 2.38. The lowest BCUT2D eigenvalue weighted by atomic mass is 9.76. The van der Waals surface area contributed by atoms with Gasteiger partial charge in [0.25, 0.3) is 0 Å². The lowest BCUT2D eigenvalue weighted by Gasteiger charge is -2.39. The third-order valence-corrected chi connectivity index (χ3v) is 7.25. The van der Waals surface area contributed by atoms with Gasteiger partial charge in [0.05, 0.1) is 21.6 Å². The first kappa shape index (κ1) is 27.7. The second-order valence-electron chi connectivity index (χ2n) is 8.31. The predicted molar refractivity (Wildman–Crippen MR) is 123 cm³/mol. The summed E-state index contributed by atoms with van der Waals surface area (Å²) in [5.74, 6) is 0. The molecule has 3 aromatic rings. The fourth-order valence-electron chi connectivity index (χ4n) is 4.00. The summed E-state index contributed by atoms with van der Waals surface area (Å²) >= 11 is 0. The zero-order valence-corrected chi connectivity index (χ0v) is 19.9. The molecule has 0 aliphatic heterocycles. The first-order valence-corrected chi connectivity index (χ1v) is 12.4. The topological polar surface area (TPSA) is 72.2 Å². The number of benzene rings is 3. The molecule has 0 aliphatic rings. The van der Waals surface area contributed by atoms with Crippen LogP contribution in [0.5, 0.6) is 0 Å². The maximum Gasteiger partial charge on any atom is 0.416 e. The van der Waals surface area contributed by atoms with E-state index >= 15 is 0 Å². The first-order valence-electron chi connectivity index (χ1n) is 10.9. The van der Waals surface area contributed by atoms with Crippen LogP contribution in [0.1, 0.15) is 42.0 Å². The van der Waals surface area contributed by atoms with Crippen LogP contribution in [0.4, 0.5) is 26.3 Å². The number of sulfonamides is 1. The fraction of sp³-hybridized carbons (Fsp3) is 0.280. The number of rotatable bonds is 8. The Bertz CT molecular complexity index is 1210. The molecule has 1 unspecified atom stereocenters. The summed E-state index contributed by atoms with van der Waals surface area (Å²) in [6.45, 7) is 1.75. The number of hydrogen-bond donors (Lipinski definition) is 2. The van der Waals surface area contributed by atoms with Gasteiger partial charge < -0.3 is 5.73 Å². The van der Waals surface area contributed by atoms with Crippen molar-refractivity contribution >= 4 is 10.0 Å². The quantitative estimate of drug-likeness (QED) is 0.347. The molecule has 0 bridgehead atoms. The molecule has 0 saturated carbocycles. The van der Waals surface area contributed by atoms with E-state index in [1.165, 1.54) is 0 Å². The summed E-state index contributed by atoms with van der Waals surface area (Å²) in [6, 6.07) is 16.1. The summed E-state index contributed by atoms with van der Waals surface area (Å²) in [7, 11) is -4.88. The summed E-state index contributed by atoms with van der Waals surface area (Å²) in [4.78, 5) is -1.16. The Kier molecular flexibility index (Phi) is 7.87. The van der Waals surface area contributed by atoms with Crippen LogP contribution in [-0.2, 0) is 27.9 Å². The molecule has 0 aromatic heterocycles. The van der Waals surface area contributed by atoms with E-state index in [9.17, 15) is 34.8 Å². The van der Waals surface area contributed by atoms with Crippen LogP contribution in [0.3, 0.4) is 0 Å². The van der Waals surface area contributed by atoms with Crippen molar-refractivity contribution < 1.29 is 34.8 Å². The van der Waals surface area contributed by atoms with Crippen molar-refractivity contribution in [3.05, 3.63) is 101 Å². The summed E-state index contributed by atoms with van der Waals surface area (Å²) in [5, 5.41) is 0. The average molecular weight is 531 g/mol. The molecule has 3 aromatic carbocycles. The van der Waals surface area contributed by atoms with Crippen LogP contribution < -0.4 is 10.5 Å². The van der Waals surface area contributed by atoms with Gasteiger partial charge in [-0.1, -0.05) is 74.0 Å². The fourth-order valence-corrected chi connectivity index (χ4v) is 5.38. The Balaban J connectivity index is 2.17. The van der Waals surface area contributed by atoms with Crippen molar-refractivity contribution in [2.75, 3.05) is 0 Å². The summed E-state index contributed by atoms with van der Waals surface area (Å²) in [6.07, 6.45) is -9.83. The first-order chi connectivity index (χ1) is 16.7. The molecule has 0 saturated heterocycles. The van der Waals surface area contributed by atoms with Gasteiger partial charge in [-0.2, -0.15) is 26.3 Å². The Morgan fingerprint density at radius 3 is 1.53 bits per heavy atom. The van der Waals surface area contributed by atoms with E-state index in [1.54, 1.807) is 67.6 Å². The molecule has 4 nitrogen and oxygen atoms in total. The van der Waals surface area contributed by atoms with Crippen molar-refractivity contribution in [3.8, 4) is 0 Å². The van der Waals surface area contributed by atoms with E-state index in [4.69, 9.17) is 5.73 Å². The SMILES string of the molecule is CCCC(NS(=O)(=O)c1cc(C(F)(F)F)cc(C(F)(F)F)c1)C(N)(c1ccccc1)c1ccccc1. The monoisotopic (exact) mass is 530 g/mol. The van der Waals surface area contributed by atoms with Crippen molar-refractivity contribution in [2.24, 2.45) is 5.73 Å². The molecule has 0 fully saturated rings. The normalized spacial score (nSPS) is 14.0. The second kappa shape index (κ2) is 10.2. The van der Waals surface area contributed by atoms with Gasteiger partial charge in [0.2, 0.25) is 10.0 Å². The van der Waals surface area contributed by atoms with Crippen LogP contribution in [0, 0.1) is 0 Å². The zero-order valence-electron chi connectivity index (χ0n) is 19.1. The van der Waals surface area contributed by atoms with E-state index in [2.05, 4.69) is 4.72 Å². The van der Waals surface area contributed by atoms with Gasteiger partial charge >= 0.3 is 12.4 Å². The highest BCUT2D eigenvalue weighted by molar-refractivity contribution is 7.89. The molecule has 0 heterocycles. The van der Waals surface area contributed by atoms with Crippen LogP contribution in [-0.4, -0.2) is 14.5 Å². The molecule has 1 atom stereocenters. The molecule has 11 heteroatoms. The summed E-state index contributed by atoms with van der Waals surface area (Å²) in [5.41, 5.74) is 2.95. The molecule has 0 amide bonds. The van der Waals surface area contributed by atoms with E-state index in [1.807, 2.05) is 0 Å². The molecule has 0 spiro atoms. The van der Waals surface area contributed by atoms with Gasteiger partial charge in [-0.3, -0.25) is 0 Å². The van der Waals surface area contributed by atoms with Crippen molar-refractivity contribution in [1.82, 2.24) is 4.72 Å². The number of halogens is 6. The van der Waals surface area contributed by atoms with Gasteiger partial charge in [0.1, 0.15) is 0 Å². The molecular weight excluding hydrogens is 506 g/mol. The third-order valence-electron chi connectivity index (χ3n) is 5.80. The van der Waals surface area contributed by atoms with Crippen LogP contribution in [0.25, 0.3) is 0 Å². The second-order valence-corrected chi connectivity index (χ2v) is 10.0. The van der Waals surface area contributed by atoms with Crippen molar-refractivity contribution in [3.63, 3.8) is 0 Å². The smallest absolute Gasteiger partial charge is 0.316 e. The Morgan fingerprint density at radius 1 is 0.750 bits per heavy atom. The molecular formula is C25H24F6N2O2S. The Hall–Kier alpha value is -2.89. The van der Waals surface area contributed by atoms with Gasteiger partial charge in [0, 0.05) is 6.04 Å². The van der Waals surface area contributed by atoms with Crippen molar-refractivity contribution in [2.45, 2.75) is 48.6 Å². The van der Waals surface area contributed by atoms with Gasteiger partial charge in [-0.25, -0.2) is 13.1 Å². The average Bonchev–Trinajstić information content (AvgIpc) is 2.83. The number of nitrogens with one attached hydrogen (secondary N) is 1. The Morgan fingerprint density at radius 2 is 1.17 bits per heavy atom. The van der Waals surface area contributed by atoms with E-state index in [0.717, 1.165) is 0 Å². The van der Waals surface area contributed by atoms with Crippen molar-refractivity contribution in [1.29, 1.82) is 0 Å². The van der Waals surface area contributed by atoms with E-state index in [0.29, 0.717) is 17.5 Å². The molecule has 3 rings (SSSR count). The minimum Gasteiger partial charge on any atom is -0.316 e. The van der Waals surface area contributed by atoms with Crippen LogP contribution >= 0.6 is 0 Å². The molecule has 0 radical (unpaired) electrons. The minimum atomic E-state index is -5.19. The zero-order chi connectivity index (χ0) is 26.8. The van der Waals surface area contributed by atoms with E-state index in [-0.39, 0.29) is 24.6 Å². The largest absolute Gasteiger partial charge is 0.416 e. The lowest BCUT2D eigenvalue weighted by Crippen LogP contribution is -2.56. The molecule has 194 valence electrons. The highest BCUT2D eigenvalue weighted by atomic mass is 32.2. The third kappa shape index (κ3) is 5.91. The standard InChI is InChI=1S/C25H24F6N2O2S/c1-2-9-22(23(32,17-10-5-3-6-11-17)18-12-7-4-8-13-18)33-36(34,35)21-15-19(24(26,27)28)14-20(16-21)25(29,30)31/h3-8,10-16,22,33H,2,9,32H2,1H3. The highest BCUT2D eigenvalue weighted by Gasteiger charge is 2.42. The van der Waals surface area contributed by atoms with Gasteiger partial charge in [0.15, 0.2) is 0 Å². The number of hydrogen-bond acceptors (Lipinski definition) is 3. The predicted octanol–water partition coefficient (Wildman–Crippen LogP) is 6.07. The van der Waals surface area contributed by atoms with Crippen LogP contribution in [0.2, 0.25) is 0 Å². The van der Waals surface area contributed by atoms with Gasteiger partial charge in [-0.05, 0) is 35.7 Å².